The lowest BCUT2D eigenvalue weighted by molar-refractivity contribution is -0.132. The Labute approximate surface area is 124 Å². The predicted octanol–water partition coefficient (Wildman–Crippen LogP) is 1.89. The molecule has 0 aliphatic carbocycles. The molecule has 1 aliphatic heterocycles. The molecule has 1 aliphatic rings. The molecule has 4 nitrogen and oxygen atoms in total. The first-order valence-corrected chi connectivity index (χ1v) is 7.36. The maximum atomic E-state index is 12.1. The molecule has 1 fully saturated rings. The van der Waals surface area contributed by atoms with E-state index in [1.807, 2.05) is 31.2 Å². The molecule has 20 heavy (non-hydrogen) atoms. The molecule has 0 saturated carbocycles. The molecule has 0 spiro atoms. The Morgan fingerprint density at radius 3 is 2.75 bits per heavy atom. The van der Waals surface area contributed by atoms with Crippen LogP contribution < -0.4 is 11.1 Å². The van der Waals surface area contributed by atoms with Crippen LogP contribution in [0.4, 0.5) is 0 Å². The fourth-order valence-corrected chi connectivity index (χ4v) is 2.56. The maximum Gasteiger partial charge on any atom is 0.249 e. The van der Waals surface area contributed by atoms with E-state index >= 15 is 0 Å². The topological polar surface area (TPSA) is 64.4 Å². The van der Waals surface area contributed by atoms with E-state index in [1.54, 1.807) is 0 Å². The average Bonchev–Trinajstić information content (AvgIpc) is 2.90. The van der Waals surface area contributed by atoms with Crippen LogP contribution in [0.5, 0.6) is 0 Å². The number of ether oxygens (including phenoxy) is 1. The monoisotopic (exact) mass is 296 g/mol. The van der Waals surface area contributed by atoms with Crippen LogP contribution in [0.3, 0.4) is 0 Å². The first-order valence-electron chi connectivity index (χ1n) is 6.99. The molecule has 5 heteroatoms. The van der Waals surface area contributed by atoms with Gasteiger partial charge in [0.05, 0.1) is 6.10 Å². The molecule has 3 N–H and O–H groups in total. The number of amides is 1. The van der Waals surface area contributed by atoms with Crippen molar-refractivity contribution >= 4 is 17.5 Å². The summed E-state index contributed by atoms with van der Waals surface area (Å²) in [5, 5.41) is 3.71. The molecule has 1 heterocycles. The molecule has 0 bridgehead atoms. The summed E-state index contributed by atoms with van der Waals surface area (Å²) in [6, 6.07) is 7.72. The molecule has 1 aromatic rings. The van der Waals surface area contributed by atoms with Crippen LogP contribution in [0.1, 0.15) is 25.3 Å². The zero-order chi connectivity index (χ0) is 14.5. The van der Waals surface area contributed by atoms with Crippen LogP contribution in [-0.2, 0) is 16.0 Å². The Kier molecular flexibility index (Phi) is 5.40. The standard InChI is InChI=1S/C15H21ClN2O2/c1-10(8-11-2-4-12(16)5-3-11)18-15(19)14-7-6-13(9-17)20-14/h2-5,10,13-14H,6-9,17H2,1H3,(H,18,19). The van der Waals surface area contributed by atoms with E-state index in [4.69, 9.17) is 22.1 Å². The molecule has 2 rings (SSSR count). The molecule has 110 valence electrons. The summed E-state index contributed by atoms with van der Waals surface area (Å²) in [7, 11) is 0. The summed E-state index contributed by atoms with van der Waals surface area (Å²) in [6.07, 6.45) is 2.06. The lowest BCUT2D eigenvalue weighted by atomic mass is 10.1. The van der Waals surface area contributed by atoms with Crippen LogP contribution >= 0.6 is 11.6 Å². The Balaban J connectivity index is 1.80. The first-order chi connectivity index (χ1) is 9.58. The van der Waals surface area contributed by atoms with E-state index < -0.39 is 0 Å². The molecule has 1 aromatic carbocycles. The minimum Gasteiger partial charge on any atom is -0.364 e. The molecular formula is C15H21ClN2O2. The lowest BCUT2D eigenvalue weighted by Crippen LogP contribution is -2.41. The maximum absolute atomic E-state index is 12.1. The van der Waals surface area contributed by atoms with Crippen molar-refractivity contribution in [1.29, 1.82) is 0 Å². The quantitative estimate of drug-likeness (QED) is 0.872. The van der Waals surface area contributed by atoms with Gasteiger partial charge in [0.15, 0.2) is 0 Å². The molecule has 0 radical (unpaired) electrons. The van der Waals surface area contributed by atoms with Crippen LogP contribution in [0.25, 0.3) is 0 Å². The molecule has 3 atom stereocenters. The fraction of sp³-hybridized carbons (Fsp3) is 0.533. The second-order valence-electron chi connectivity index (χ2n) is 5.30. The van der Waals surface area contributed by atoms with Gasteiger partial charge in [-0.15, -0.1) is 0 Å². The van der Waals surface area contributed by atoms with Crippen molar-refractivity contribution in [3.05, 3.63) is 34.9 Å². The second-order valence-corrected chi connectivity index (χ2v) is 5.74. The highest BCUT2D eigenvalue weighted by Crippen LogP contribution is 2.19. The highest BCUT2D eigenvalue weighted by atomic mass is 35.5. The first kappa shape index (κ1) is 15.3. The average molecular weight is 297 g/mol. The third kappa shape index (κ3) is 4.20. The van der Waals surface area contributed by atoms with Crippen molar-refractivity contribution in [2.24, 2.45) is 5.73 Å². The molecule has 0 aromatic heterocycles. The van der Waals surface area contributed by atoms with Crippen molar-refractivity contribution in [2.45, 2.75) is 44.4 Å². The Morgan fingerprint density at radius 1 is 1.45 bits per heavy atom. The van der Waals surface area contributed by atoms with Gasteiger partial charge >= 0.3 is 0 Å². The zero-order valence-corrected chi connectivity index (χ0v) is 12.4. The van der Waals surface area contributed by atoms with Crippen LogP contribution in [0.2, 0.25) is 5.02 Å². The van der Waals surface area contributed by atoms with E-state index in [2.05, 4.69) is 5.32 Å². The van der Waals surface area contributed by atoms with Gasteiger partial charge in [-0.05, 0) is 43.9 Å². The van der Waals surface area contributed by atoms with Crippen molar-refractivity contribution < 1.29 is 9.53 Å². The van der Waals surface area contributed by atoms with Gasteiger partial charge in [0.2, 0.25) is 5.91 Å². The van der Waals surface area contributed by atoms with E-state index in [0.717, 1.165) is 29.8 Å². The molecular weight excluding hydrogens is 276 g/mol. The van der Waals surface area contributed by atoms with E-state index in [0.29, 0.717) is 6.54 Å². The van der Waals surface area contributed by atoms with Gasteiger partial charge in [-0.2, -0.15) is 0 Å². The van der Waals surface area contributed by atoms with Crippen molar-refractivity contribution in [2.75, 3.05) is 6.54 Å². The summed E-state index contributed by atoms with van der Waals surface area (Å²) in [5.74, 6) is -0.0394. The highest BCUT2D eigenvalue weighted by molar-refractivity contribution is 6.30. The van der Waals surface area contributed by atoms with Crippen LogP contribution in [-0.4, -0.2) is 30.7 Å². The lowest BCUT2D eigenvalue weighted by Gasteiger charge is -2.17. The van der Waals surface area contributed by atoms with Crippen LogP contribution in [0, 0.1) is 0 Å². The number of nitrogens with two attached hydrogens (primary N) is 1. The second kappa shape index (κ2) is 7.07. The molecule has 1 amide bonds. The van der Waals surface area contributed by atoms with Crippen molar-refractivity contribution in [1.82, 2.24) is 5.32 Å². The minimum absolute atomic E-state index is 0.0253. The summed E-state index contributed by atoms with van der Waals surface area (Å²) in [5.41, 5.74) is 6.69. The van der Waals surface area contributed by atoms with Gasteiger partial charge in [-0.25, -0.2) is 0 Å². The van der Waals surface area contributed by atoms with E-state index in [1.165, 1.54) is 0 Å². The number of rotatable bonds is 5. The number of hydrogen-bond acceptors (Lipinski definition) is 3. The Bertz CT molecular complexity index is 450. The summed E-state index contributed by atoms with van der Waals surface area (Å²) >= 11 is 5.85. The number of carbonyl (C=O) groups excluding carboxylic acids is 1. The largest absolute Gasteiger partial charge is 0.364 e. The Hall–Kier alpha value is -1.10. The third-order valence-corrected chi connectivity index (χ3v) is 3.76. The van der Waals surface area contributed by atoms with E-state index in [-0.39, 0.29) is 24.2 Å². The minimum atomic E-state index is -0.351. The normalized spacial score (nSPS) is 23.6. The van der Waals surface area contributed by atoms with Gasteiger partial charge in [0.25, 0.3) is 0 Å². The summed E-state index contributed by atoms with van der Waals surface area (Å²) in [6.45, 7) is 2.46. The number of carbonyl (C=O) groups is 1. The van der Waals surface area contributed by atoms with Gasteiger partial charge in [0, 0.05) is 17.6 Å². The van der Waals surface area contributed by atoms with Gasteiger partial charge in [0.1, 0.15) is 6.10 Å². The van der Waals surface area contributed by atoms with Crippen molar-refractivity contribution in [3.8, 4) is 0 Å². The third-order valence-electron chi connectivity index (χ3n) is 3.51. The van der Waals surface area contributed by atoms with Gasteiger partial charge in [-0.1, -0.05) is 23.7 Å². The summed E-state index contributed by atoms with van der Waals surface area (Å²) < 4.78 is 5.58. The van der Waals surface area contributed by atoms with Gasteiger partial charge in [-0.3, -0.25) is 4.79 Å². The van der Waals surface area contributed by atoms with Gasteiger partial charge < -0.3 is 15.8 Å². The SMILES string of the molecule is CC(Cc1ccc(Cl)cc1)NC(=O)C1CCC(CN)O1. The van der Waals surface area contributed by atoms with Crippen molar-refractivity contribution in [3.63, 3.8) is 0 Å². The summed E-state index contributed by atoms with van der Waals surface area (Å²) in [4.78, 5) is 12.1. The molecule has 3 unspecified atom stereocenters. The number of benzene rings is 1. The number of nitrogens with one attached hydrogen (secondary N) is 1. The van der Waals surface area contributed by atoms with Crippen LogP contribution in [0.15, 0.2) is 24.3 Å². The predicted molar refractivity (Wildman–Crippen MR) is 79.7 cm³/mol. The Morgan fingerprint density at radius 2 is 2.15 bits per heavy atom. The highest BCUT2D eigenvalue weighted by Gasteiger charge is 2.30. The molecule has 1 saturated heterocycles. The number of hydrogen-bond donors (Lipinski definition) is 2. The fourth-order valence-electron chi connectivity index (χ4n) is 2.43. The smallest absolute Gasteiger partial charge is 0.249 e. The zero-order valence-electron chi connectivity index (χ0n) is 11.6. The number of halogens is 1. The van der Waals surface area contributed by atoms with E-state index in [9.17, 15) is 4.79 Å².